The van der Waals surface area contributed by atoms with E-state index in [1.807, 2.05) is 0 Å². The van der Waals surface area contributed by atoms with Gasteiger partial charge in [0.15, 0.2) is 23.1 Å². The lowest BCUT2D eigenvalue weighted by Gasteiger charge is -2.09. The molecule has 7 aromatic rings. The summed E-state index contributed by atoms with van der Waals surface area (Å²) in [6.45, 7) is 0. The van der Waals surface area contributed by atoms with Crippen molar-refractivity contribution in [1.82, 2.24) is 0 Å². The van der Waals surface area contributed by atoms with Crippen molar-refractivity contribution in [2.75, 3.05) is 0 Å². The molecule has 54 heavy (non-hydrogen) atoms. The maximum absolute atomic E-state index is 13.2. The van der Waals surface area contributed by atoms with Crippen LogP contribution in [0.4, 0.5) is 8.78 Å². The largest absolute Gasteiger partial charge is 0.457 e. The molecule has 6 nitrogen and oxygen atoms in total. The van der Waals surface area contributed by atoms with E-state index in [-0.39, 0.29) is 23.1 Å². The molecule has 0 saturated carbocycles. The highest BCUT2D eigenvalue weighted by Gasteiger charge is 2.15. The number of rotatable bonds is 12. The van der Waals surface area contributed by atoms with Crippen molar-refractivity contribution in [2.45, 2.75) is 0 Å². The van der Waals surface area contributed by atoms with Gasteiger partial charge >= 0.3 is 0 Å². The van der Waals surface area contributed by atoms with Crippen LogP contribution in [0, 0.1) is 11.6 Å². The lowest BCUT2D eigenvalue weighted by Crippen LogP contribution is -2.04. The van der Waals surface area contributed by atoms with Crippen LogP contribution >= 0.6 is 0 Å². The molecule has 0 fully saturated rings. The maximum atomic E-state index is 13.2. The summed E-state index contributed by atoms with van der Waals surface area (Å²) in [6, 6.07) is 43.6. The molecule has 262 valence electrons. The summed E-state index contributed by atoms with van der Waals surface area (Å²) in [6.07, 6.45) is 0. The lowest BCUT2D eigenvalue weighted by atomic mass is 9.98. The molecular formula is C46H28F2O6. The molecule has 0 atom stereocenters. The van der Waals surface area contributed by atoms with E-state index in [2.05, 4.69) is 0 Å². The van der Waals surface area contributed by atoms with Gasteiger partial charge in [-0.1, -0.05) is 24.3 Å². The maximum Gasteiger partial charge on any atom is 0.193 e. The molecule has 0 unspecified atom stereocenters. The van der Waals surface area contributed by atoms with Crippen molar-refractivity contribution >= 4 is 23.1 Å². The monoisotopic (exact) mass is 714 g/mol. The van der Waals surface area contributed by atoms with Gasteiger partial charge in [-0.2, -0.15) is 0 Å². The molecule has 0 spiro atoms. The molecule has 0 heterocycles. The summed E-state index contributed by atoms with van der Waals surface area (Å²) in [5, 5.41) is 0. The standard InChI is InChI=1S/C46H28F2O6/c47-37-17-5-31(6-18-37)45(51)35-13-25-41(26-14-35)53-39-21-9-33(10-22-39)43(49)29-1-2-30(4-3-29)44(50)34-11-23-40(24-12-34)54-42-27-15-36(16-28-42)46(52)32-7-19-38(48)20-8-32/h1-28H. The van der Waals surface area contributed by atoms with Gasteiger partial charge in [-0.3, -0.25) is 19.2 Å². The van der Waals surface area contributed by atoms with E-state index in [1.165, 1.54) is 48.5 Å². The molecule has 0 saturated heterocycles. The van der Waals surface area contributed by atoms with Gasteiger partial charge in [-0.05, 0) is 146 Å². The predicted molar refractivity (Wildman–Crippen MR) is 199 cm³/mol. The molecule has 7 rings (SSSR count). The summed E-state index contributed by atoms with van der Waals surface area (Å²) in [5.41, 5.74) is 3.33. The van der Waals surface area contributed by atoms with Gasteiger partial charge in [0.05, 0.1) is 0 Å². The number of carbonyl (C=O) groups excluding carboxylic acids is 4. The third kappa shape index (κ3) is 8.09. The molecule has 0 radical (unpaired) electrons. The minimum Gasteiger partial charge on any atom is -0.457 e. The first-order valence-corrected chi connectivity index (χ1v) is 16.8. The van der Waals surface area contributed by atoms with Gasteiger partial charge < -0.3 is 9.47 Å². The minimum atomic E-state index is -0.413. The van der Waals surface area contributed by atoms with Crippen LogP contribution < -0.4 is 9.47 Å². The normalized spacial score (nSPS) is 10.7. The second kappa shape index (κ2) is 15.5. The van der Waals surface area contributed by atoms with E-state index in [0.29, 0.717) is 67.5 Å². The Morgan fingerprint density at radius 3 is 0.593 bits per heavy atom. The Hall–Kier alpha value is -7.32. The fourth-order valence-electron chi connectivity index (χ4n) is 5.61. The number of carbonyl (C=O) groups is 4. The van der Waals surface area contributed by atoms with Crippen LogP contribution in [0.15, 0.2) is 170 Å². The number of ether oxygens (including phenoxy) is 2. The molecule has 0 aromatic heterocycles. The summed E-state index contributed by atoms with van der Waals surface area (Å²) in [4.78, 5) is 51.7. The van der Waals surface area contributed by atoms with Crippen LogP contribution in [-0.2, 0) is 0 Å². The molecule has 0 amide bonds. The number of ketones is 4. The predicted octanol–water partition coefficient (Wildman–Crippen LogP) is 10.5. The number of hydrogen-bond acceptors (Lipinski definition) is 6. The SMILES string of the molecule is O=C(c1ccc(F)cc1)c1ccc(Oc2ccc(C(=O)c3ccc(C(=O)c4ccc(Oc5ccc(C(=O)c6ccc(F)cc6)cc5)cc4)cc3)cc2)cc1. The van der Waals surface area contributed by atoms with E-state index in [0.717, 1.165) is 0 Å². The Balaban J connectivity index is 0.926. The average Bonchev–Trinajstić information content (AvgIpc) is 3.21. The third-order valence-corrected chi connectivity index (χ3v) is 8.56. The summed E-state index contributed by atoms with van der Waals surface area (Å²) in [5.74, 6) is 0.245. The lowest BCUT2D eigenvalue weighted by molar-refractivity contribution is 0.102. The van der Waals surface area contributed by atoms with Crippen LogP contribution in [0.2, 0.25) is 0 Å². The number of benzene rings is 7. The molecular weight excluding hydrogens is 686 g/mol. The van der Waals surface area contributed by atoms with E-state index < -0.39 is 11.6 Å². The Labute approximate surface area is 308 Å². The molecule has 8 heteroatoms. The van der Waals surface area contributed by atoms with E-state index >= 15 is 0 Å². The van der Waals surface area contributed by atoms with Gasteiger partial charge in [0, 0.05) is 44.5 Å². The fourth-order valence-corrected chi connectivity index (χ4v) is 5.61. The molecule has 0 bridgehead atoms. The van der Waals surface area contributed by atoms with Gasteiger partial charge in [-0.25, -0.2) is 8.78 Å². The molecule has 0 aliphatic carbocycles. The molecule has 7 aromatic carbocycles. The highest BCUT2D eigenvalue weighted by Crippen LogP contribution is 2.26. The molecule has 0 N–H and O–H groups in total. The van der Waals surface area contributed by atoms with Gasteiger partial charge in [0.25, 0.3) is 0 Å². The third-order valence-electron chi connectivity index (χ3n) is 8.56. The Morgan fingerprint density at radius 1 is 0.259 bits per heavy atom. The zero-order chi connectivity index (χ0) is 37.6. The van der Waals surface area contributed by atoms with E-state index in [4.69, 9.17) is 9.47 Å². The van der Waals surface area contributed by atoms with Gasteiger partial charge in [0.1, 0.15) is 34.6 Å². The van der Waals surface area contributed by atoms with E-state index in [1.54, 1.807) is 121 Å². The average molecular weight is 715 g/mol. The summed E-state index contributed by atoms with van der Waals surface area (Å²) < 4.78 is 38.2. The Bertz CT molecular complexity index is 2280. The fraction of sp³-hybridized carbons (Fsp3) is 0. The first-order valence-electron chi connectivity index (χ1n) is 16.8. The van der Waals surface area contributed by atoms with Crippen LogP contribution in [0.5, 0.6) is 23.0 Å². The zero-order valence-electron chi connectivity index (χ0n) is 28.4. The summed E-state index contributed by atoms with van der Waals surface area (Å²) in [7, 11) is 0. The molecule has 0 aliphatic rings. The Kier molecular flexibility index (Phi) is 10.1. The first-order chi connectivity index (χ1) is 26.2. The van der Waals surface area contributed by atoms with Crippen molar-refractivity contribution in [3.05, 3.63) is 226 Å². The molecule has 0 aliphatic heterocycles. The van der Waals surface area contributed by atoms with Crippen molar-refractivity contribution in [2.24, 2.45) is 0 Å². The van der Waals surface area contributed by atoms with Crippen LogP contribution in [0.1, 0.15) is 63.7 Å². The number of halogens is 2. The number of hydrogen-bond donors (Lipinski definition) is 0. The Morgan fingerprint density at radius 2 is 0.407 bits per heavy atom. The van der Waals surface area contributed by atoms with Crippen molar-refractivity contribution in [3.8, 4) is 23.0 Å². The smallest absolute Gasteiger partial charge is 0.193 e. The highest BCUT2D eigenvalue weighted by molar-refractivity contribution is 6.12. The summed E-state index contributed by atoms with van der Waals surface area (Å²) >= 11 is 0. The highest BCUT2D eigenvalue weighted by atomic mass is 19.1. The second-order valence-corrected chi connectivity index (χ2v) is 12.2. The van der Waals surface area contributed by atoms with Crippen molar-refractivity contribution in [1.29, 1.82) is 0 Å². The van der Waals surface area contributed by atoms with Gasteiger partial charge in [0.2, 0.25) is 0 Å². The van der Waals surface area contributed by atoms with Crippen LogP contribution in [0.25, 0.3) is 0 Å². The van der Waals surface area contributed by atoms with Gasteiger partial charge in [-0.15, -0.1) is 0 Å². The zero-order valence-corrected chi connectivity index (χ0v) is 28.4. The van der Waals surface area contributed by atoms with Crippen LogP contribution in [-0.4, -0.2) is 23.1 Å². The first kappa shape index (κ1) is 35.1. The van der Waals surface area contributed by atoms with Crippen molar-refractivity contribution < 1.29 is 37.4 Å². The van der Waals surface area contributed by atoms with Crippen LogP contribution in [0.3, 0.4) is 0 Å². The van der Waals surface area contributed by atoms with Crippen molar-refractivity contribution in [3.63, 3.8) is 0 Å². The topological polar surface area (TPSA) is 86.7 Å². The quantitative estimate of drug-likeness (QED) is 0.117. The van der Waals surface area contributed by atoms with E-state index in [9.17, 15) is 28.0 Å². The minimum absolute atomic E-state index is 0.224. The second-order valence-electron chi connectivity index (χ2n) is 12.2.